The fourth-order valence-corrected chi connectivity index (χ4v) is 6.20. The zero-order valence-electron chi connectivity index (χ0n) is 19.8. The molecule has 0 unspecified atom stereocenters. The van der Waals surface area contributed by atoms with E-state index in [1.807, 2.05) is 22.5 Å². The molecule has 5 rings (SSSR count). The van der Waals surface area contributed by atoms with Gasteiger partial charge in [-0.15, -0.1) is 0 Å². The summed E-state index contributed by atoms with van der Waals surface area (Å²) in [6.45, 7) is 5.83. The van der Waals surface area contributed by atoms with Crippen LogP contribution in [0.5, 0.6) is 0 Å². The Kier molecular flexibility index (Phi) is 6.39. The van der Waals surface area contributed by atoms with Crippen LogP contribution in [0.25, 0.3) is 10.9 Å². The molecule has 188 valence electrons. The predicted molar refractivity (Wildman–Crippen MR) is 137 cm³/mol. The summed E-state index contributed by atoms with van der Waals surface area (Å²) >= 11 is 0.991. The zero-order chi connectivity index (χ0) is 25.4. The van der Waals surface area contributed by atoms with Gasteiger partial charge in [0.1, 0.15) is 17.7 Å². The number of aryl methyl sites for hydroxylation is 1. The molecule has 0 bridgehead atoms. The van der Waals surface area contributed by atoms with E-state index in [1.165, 1.54) is 6.07 Å². The van der Waals surface area contributed by atoms with Crippen LogP contribution in [-0.2, 0) is 14.8 Å². The number of nitrogens with zero attached hydrogens (tertiary/aromatic N) is 5. The number of carbonyl (C=O) groups excluding carboxylic acids is 1. The first-order valence-electron chi connectivity index (χ1n) is 11.4. The molecular weight excluding hydrogens is 503 g/mol. The zero-order valence-corrected chi connectivity index (χ0v) is 21.4. The summed E-state index contributed by atoms with van der Waals surface area (Å²) in [4.78, 5) is 21.3. The fraction of sp³-hybridized carbons (Fsp3) is 0.292. The summed E-state index contributed by atoms with van der Waals surface area (Å²) in [5, 5.41) is 0.728. The largest absolute Gasteiger partial charge is 0.368 e. The molecule has 3 heterocycles. The van der Waals surface area contributed by atoms with Gasteiger partial charge >= 0.3 is 0 Å². The molecule has 1 aliphatic rings. The van der Waals surface area contributed by atoms with E-state index in [1.54, 1.807) is 49.5 Å². The van der Waals surface area contributed by atoms with Crippen LogP contribution in [0, 0.1) is 12.7 Å². The van der Waals surface area contributed by atoms with E-state index in [2.05, 4.69) is 19.0 Å². The number of aromatic nitrogens is 3. The number of sulfonamides is 1. The van der Waals surface area contributed by atoms with Crippen LogP contribution in [0.1, 0.15) is 18.8 Å². The van der Waals surface area contributed by atoms with Gasteiger partial charge in [-0.2, -0.15) is 4.37 Å². The van der Waals surface area contributed by atoms with Gasteiger partial charge in [-0.1, -0.05) is 6.07 Å². The van der Waals surface area contributed by atoms with E-state index < -0.39 is 16.1 Å². The lowest BCUT2D eigenvalue weighted by Crippen LogP contribution is -2.50. The third-order valence-corrected chi connectivity index (χ3v) is 8.54. The molecule has 1 saturated heterocycles. The number of carbonyl (C=O) groups is 1. The normalized spacial score (nSPS) is 15.3. The van der Waals surface area contributed by atoms with Crippen LogP contribution < -0.4 is 9.62 Å². The third kappa shape index (κ3) is 4.65. The quantitative estimate of drug-likeness (QED) is 0.410. The van der Waals surface area contributed by atoms with Gasteiger partial charge in [-0.3, -0.25) is 9.52 Å². The van der Waals surface area contributed by atoms with Crippen LogP contribution in [-0.4, -0.2) is 59.3 Å². The van der Waals surface area contributed by atoms with Gasteiger partial charge in [0.2, 0.25) is 11.0 Å². The van der Waals surface area contributed by atoms with Gasteiger partial charge in [-0.25, -0.2) is 17.8 Å². The molecule has 1 N–H and O–H groups in total. The predicted octanol–water partition coefficient (Wildman–Crippen LogP) is 3.65. The summed E-state index contributed by atoms with van der Waals surface area (Å²) in [5.74, 6) is 0.191. The number of anilines is 2. The number of nitrogens with one attached hydrogen (secondary N) is 1. The Labute approximate surface area is 212 Å². The lowest BCUT2D eigenvalue weighted by Gasteiger charge is -2.37. The Morgan fingerprint density at radius 2 is 1.81 bits per heavy atom. The standard InChI is InChI=1S/C24H25FN6O3S2/c1-16(31-11-10-20-21(25)4-3-5-22(20)31)23(32)30-14-12-29(13-15-30)18-6-8-19(9-7-18)36(33,34)28-24-26-17(2)27-35-24/h3-11,16H,12-15H2,1-2H3,(H,26,27,28)/t16-/m1/s1. The van der Waals surface area contributed by atoms with Crippen molar-refractivity contribution in [2.75, 3.05) is 35.8 Å². The number of piperazine rings is 1. The molecule has 0 spiro atoms. The summed E-state index contributed by atoms with van der Waals surface area (Å²) in [6.07, 6.45) is 1.75. The van der Waals surface area contributed by atoms with Crippen molar-refractivity contribution in [2.45, 2.75) is 24.8 Å². The Bertz CT molecular complexity index is 1510. The minimum absolute atomic E-state index is 0.0177. The van der Waals surface area contributed by atoms with Crippen molar-refractivity contribution in [3.63, 3.8) is 0 Å². The Hall–Kier alpha value is -3.51. The maximum Gasteiger partial charge on any atom is 0.263 e. The van der Waals surface area contributed by atoms with Crippen molar-refractivity contribution in [3.8, 4) is 0 Å². The van der Waals surface area contributed by atoms with Gasteiger partial charge in [0.25, 0.3) is 10.0 Å². The molecule has 1 fully saturated rings. The first kappa shape index (κ1) is 24.2. The second-order valence-corrected chi connectivity index (χ2v) is 11.1. The molecule has 2 aromatic heterocycles. The van der Waals surface area contributed by atoms with Crippen molar-refractivity contribution in [3.05, 3.63) is 66.4 Å². The molecule has 1 aliphatic heterocycles. The van der Waals surface area contributed by atoms with Crippen molar-refractivity contribution in [1.29, 1.82) is 0 Å². The minimum Gasteiger partial charge on any atom is -0.368 e. The lowest BCUT2D eigenvalue weighted by molar-refractivity contribution is -0.134. The fourth-order valence-electron chi connectivity index (χ4n) is 4.41. The van der Waals surface area contributed by atoms with E-state index in [0.29, 0.717) is 42.9 Å². The van der Waals surface area contributed by atoms with Crippen molar-refractivity contribution < 1.29 is 17.6 Å². The van der Waals surface area contributed by atoms with Gasteiger partial charge < -0.3 is 14.4 Å². The van der Waals surface area contributed by atoms with Gasteiger partial charge in [-0.05, 0) is 56.3 Å². The smallest absolute Gasteiger partial charge is 0.263 e. The highest BCUT2D eigenvalue weighted by Crippen LogP contribution is 2.25. The van der Waals surface area contributed by atoms with Gasteiger partial charge in [0, 0.05) is 55.0 Å². The molecule has 9 nitrogen and oxygen atoms in total. The second kappa shape index (κ2) is 9.51. The highest BCUT2D eigenvalue weighted by atomic mass is 32.2. The average Bonchev–Trinajstić information content (AvgIpc) is 3.49. The molecule has 0 saturated carbocycles. The maximum absolute atomic E-state index is 14.1. The first-order valence-corrected chi connectivity index (χ1v) is 13.7. The van der Waals surface area contributed by atoms with Crippen LogP contribution in [0.15, 0.2) is 59.6 Å². The van der Waals surface area contributed by atoms with Gasteiger partial charge in [0.15, 0.2) is 0 Å². The number of benzene rings is 2. The van der Waals surface area contributed by atoms with Crippen molar-refractivity contribution in [1.82, 2.24) is 18.8 Å². The van der Waals surface area contributed by atoms with E-state index in [-0.39, 0.29) is 21.8 Å². The van der Waals surface area contributed by atoms with Gasteiger partial charge in [0.05, 0.1) is 10.4 Å². The maximum atomic E-state index is 14.1. The highest BCUT2D eigenvalue weighted by Gasteiger charge is 2.27. The molecule has 1 atom stereocenters. The number of hydrogen-bond donors (Lipinski definition) is 1. The summed E-state index contributed by atoms with van der Waals surface area (Å²) in [6, 6.07) is 12.8. The Balaban J connectivity index is 1.22. The molecule has 36 heavy (non-hydrogen) atoms. The third-order valence-electron chi connectivity index (χ3n) is 6.34. The monoisotopic (exact) mass is 528 g/mol. The number of halogens is 1. The van der Waals surface area contributed by atoms with E-state index in [0.717, 1.165) is 17.2 Å². The molecule has 0 aliphatic carbocycles. The summed E-state index contributed by atoms with van der Waals surface area (Å²) in [5.41, 5.74) is 1.58. The first-order chi connectivity index (χ1) is 17.2. The number of rotatable bonds is 6. The van der Waals surface area contributed by atoms with Crippen LogP contribution in [0.3, 0.4) is 0 Å². The molecule has 4 aromatic rings. The van der Waals surface area contributed by atoms with Crippen molar-refractivity contribution in [2.24, 2.45) is 0 Å². The number of amides is 1. The van der Waals surface area contributed by atoms with E-state index in [4.69, 9.17) is 0 Å². The van der Waals surface area contributed by atoms with E-state index >= 15 is 0 Å². The highest BCUT2D eigenvalue weighted by molar-refractivity contribution is 7.93. The minimum atomic E-state index is -3.76. The second-order valence-electron chi connectivity index (χ2n) is 8.63. The summed E-state index contributed by atoms with van der Waals surface area (Å²) in [7, 11) is -3.76. The van der Waals surface area contributed by atoms with Crippen LogP contribution in [0.2, 0.25) is 0 Å². The topological polar surface area (TPSA) is 100 Å². The van der Waals surface area contributed by atoms with E-state index in [9.17, 15) is 17.6 Å². The Morgan fingerprint density at radius 1 is 1.08 bits per heavy atom. The molecule has 2 aromatic carbocycles. The lowest BCUT2D eigenvalue weighted by atomic mass is 10.2. The molecular formula is C24H25FN6O3S2. The van der Waals surface area contributed by atoms with Crippen LogP contribution in [0.4, 0.5) is 15.2 Å². The van der Waals surface area contributed by atoms with Crippen molar-refractivity contribution >= 4 is 49.2 Å². The Morgan fingerprint density at radius 3 is 2.47 bits per heavy atom. The summed E-state index contributed by atoms with van der Waals surface area (Å²) < 4.78 is 47.5. The molecule has 1 amide bonds. The molecule has 12 heteroatoms. The average molecular weight is 529 g/mol. The number of fused-ring (bicyclic) bond motifs is 1. The molecule has 0 radical (unpaired) electrons. The number of hydrogen-bond acceptors (Lipinski definition) is 7. The van der Waals surface area contributed by atoms with Crippen LogP contribution >= 0.6 is 11.5 Å². The SMILES string of the molecule is Cc1nsc(NS(=O)(=O)c2ccc(N3CCN(C(=O)[C@@H](C)n4ccc5c(F)cccc54)CC3)cc2)n1.